The first kappa shape index (κ1) is 12.3. The van der Waals surface area contributed by atoms with Gasteiger partial charge in [-0.3, -0.25) is 0 Å². The van der Waals surface area contributed by atoms with Crippen molar-refractivity contribution in [2.45, 2.75) is 6.42 Å². The first-order chi connectivity index (χ1) is 7.24. The van der Waals surface area contributed by atoms with Gasteiger partial charge in [0.05, 0.1) is 5.69 Å². The molecule has 0 spiro atoms. The summed E-state index contributed by atoms with van der Waals surface area (Å²) in [5.74, 6) is 0.551. The molecule has 0 aliphatic heterocycles. The molecule has 2 N–H and O–H groups in total. The third-order valence-electron chi connectivity index (χ3n) is 1.72. The lowest BCUT2D eigenvalue weighted by atomic mass is 10.3. The van der Waals surface area contributed by atoms with Crippen molar-refractivity contribution in [2.75, 3.05) is 17.7 Å². The number of hydrogen-bond acceptors (Lipinski definition) is 1. The number of anilines is 1. The van der Waals surface area contributed by atoms with Gasteiger partial charge in [-0.2, -0.15) is 0 Å². The van der Waals surface area contributed by atoms with Crippen molar-refractivity contribution in [3.63, 3.8) is 0 Å². The maximum atomic E-state index is 11.4. The second-order valence-electron chi connectivity index (χ2n) is 2.90. The van der Waals surface area contributed by atoms with Crippen LogP contribution in [0.3, 0.4) is 0 Å². The molecule has 1 aromatic rings. The summed E-state index contributed by atoms with van der Waals surface area (Å²) in [5, 5.41) is 5.43. The van der Waals surface area contributed by atoms with E-state index in [-0.39, 0.29) is 6.03 Å². The predicted octanol–water partition coefficient (Wildman–Crippen LogP) is 3.20. The Balaban J connectivity index is 2.41. The van der Waals surface area contributed by atoms with Crippen LogP contribution in [-0.4, -0.2) is 18.5 Å². The van der Waals surface area contributed by atoms with Crippen LogP contribution in [0.4, 0.5) is 10.5 Å². The Morgan fingerprint density at radius 3 is 2.80 bits per heavy atom. The molecule has 3 nitrogen and oxygen atoms in total. The van der Waals surface area contributed by atoms with E-state index in [0.717, 1.165) is 16.6 Å². The summed E-state index contributed by atoms with van der Waals surface area (Å²) in [6.07, 6.45) is 0.769. The number of halogens is 2. The van der Waals surface area contributed by atoms with E-state index in [0.29, 0.717) is 12.4 Å². The molecule has 0 atom stereocenters. The van der Waals surface area contributed by atoms with Gasteiger partial charge in [0.15, 0.2) is 0 Å². The highest BCUT2D eigenvalue weighted by molar-refractivity contribution is 9.10. The second-order valence-corrected chi connectivity index (χ2v) is 4.14. The Hall–Kier alpha value is -0.740. The lowest BCUT2D eigenvalue weighted by Gasteiger charge is -2.08. The minimum Gasteiger partial charge on any atom is -0.338 e. The van der Waals surface area contributed by atoms with Crippen LogP contribution in [-0.2, 0) is 0 Å². The van der Waals surface area contributed by atoms with E-state index in [1.807, 2.05) is 24.3 Å². The molecule has 2 amide bonds. The normalized spacial score (nSPS) is 9.73. The van der Waals surface area contributed by atoms with Gasteiger partial charge >= 0.3 is 6.03 Å². The molecular formula is C10H12BrClN2O. The molecule has 0 saturated carbocycles. The topological polar surface area (TPSA) is 41.1 Å². The molecule has 15 heavy (non-hydrogen) atoms. The number of para-hydroxylation sites is 1. The predicted molar refractivity (Wildman–Crippen MR) is 66.5 cm³/mol. The van der Waals surface area contributed by atoms with Crippen LogP contribution in [0.2, 0.25) is 0 Å². The highest BCUT2D eigenvalue weighted by Gasteiger charge is 2.02. The van der Waals surface area contributed by atoms with E-state index in [2.05, 4.69) is 26.6 Å². The van der Waals surface area contributed by atoms with Crippen LogP contribution in [0, 0.1) is 0 Å². The molecule has 0 unspecified atom stereocenters. The van der Waals surface area contributed by atoms with E-state index in [9.17, 15) is 4.79 Å². The smallest absolute Gasteiger partial charge is 0.319 e. The highest BCUT2D eigenvalue weighted by Crippen LogP contribution is 2.20. The first-order valence-corrected chi connectivity index (χ1v) is 5.92. The van der Waals surface area contributed by atoms with Crippen LogP contribution >= 0.6 is 27.5 Å². The van der Waals surface area contributed by atoms with Gasteiger partial charge in [0, 0.05) is 16.9 Å². The standard InChI is InChI=1S/C10H12BrClN2O/c11-8-4-1-2-5-9(8)14-10(15)13-7-3-6-12/h1-2,4-5H,3,6-7H2,(H2,13,14,15). The Morgan fingerprint density at radius 2 is 2.13 bits per heavy atom. The van der Waals surface area contributed by atoms with E-state index >= 15 is 0 Å². The molecule has 0 aromatic heterocycles. The number of alkyl halides is 1. The number of rotatable bonds is 4. The third kappa shape index (κ3) is 4.53. The second kappa shape index (κ2) is 6.69. The number of benzene rings is 1. The summed E-state index contributed by atoms with van der Waals surface area (Å²) in [4.78, 5) is 11.4. The Morgan fingerprint density at radius 1 is 1.40 bits per heavy atom. The minimum atomic E-state index is -0.216. The summed E-state index contributed by atoms with van der Waals surface area (Å²) in [6.45, 7) is 0.583. The number of carbonyl (C=O) groups excluding carboxylic acids is 1. The lowest BCUT2D eigenvalue weighted by Crippen LogP contribution is -2.29. The highest BCUT2D eigenvalue weighted by atomic mass is 79.9. The number of amides is 2. The van der Waals surface area contributed by atoms with Gasteiger partial charge in [0.25, 0.3) is 0 Å². The molecule has 0 saturated heterocycles. The zero-order valence-electron chi connectivity index (χ0n) is 8.09. The van der Waals surface area contributed by atoms with Crippen LogP contribution < -0.4 is 10.6 Å². The fourth-order valence-electron chi connectivity index (χ4n) is 0.998. The van der Waals surface area contributed by atoms with Gasteiger partial charge in [-0.05, 0) is 34.5 Å². The molecule has 5 heteroatoms. The fourth-order valence-corrected chi connectivity index (χ4v) is 1.52. The van der Waals surface area contributed by atoms with Crippen molar-refractivity contribution in [1.82, 2.24) is 5.32 Å². The van der Waals surface area contributed by atoms with Crippen LogP contribution in [0.25, 0.3) is 0 Å². The zero-order chi connectivity index (χ0) is 11.1. The van der Waals surface area contributed by atoms with Crippen LogP contribution in [0.1, 0.15) is 6.42 Å². The number of carbonyl (C=O) groups is 1. The molecule has 0 heterocycles. The van der Waals surface area contributed by atoms with Crippen LogP contribution in [0.5, 0.6) is 0 Å². The molecule has 1 aromatic carbocycles. The van der Waals surface area contributed by atoms with Gasteiger partial charge in [-0.1, -0.05) is 12.1 Å². The Labute approximate surface area is 102 Å². The quantitative estimate of drug-likeness (QED) is 0.649. The van der Waals surface area contributed by atoms with Crippen molar-refractivity contribution in [1.29, 1.82) is 0 Å². The van der Waals surface area contributed by atoms with E-state index < -0.39 is 0 Å². The SMILES string of the molecule is O=C(NCCCCl)Nc1ccccc1Br. The van der Waals surface area contributed by atoms with Gasteiger partial charge in [-0.15, -0.1) is 11.6 Å². The summed E-state index contributed by atoms with van der Waals surface area (Å²) in [6, 6.07) is 7.23. The zero-order valence-corrected chi connectivity index (χ0v) is 10.4. The van der Waals surface area contributed by atoms with E-state index in [4.69, 9.17) is 11.6 Å². The number of urea groups is 1. The largest absolute Gasteiger partial charge is 0.338 e. The van der Waals surface area contributed by atoms with E-state index in [1.165, 1.54) is 0 Å². The average Bonchev–Trinajstić information content (AvgIpc) is 2.22. The summed E-state index contributed by atoms with van der Waals surface area (Å²) in [7, 11) is 0. The summed E-state index contributed by atoms with van der Waals surface area (Å²) >= 11 is 8.83. The molecule has 0 fully saturated rings. The Bertz CT molecular complexity index is 333. The third-order valence-corrected chi connectivity index (χ3v) is 2.68. The van der Waals surface area contributed by atoms with Crippen molar-refractivity contribution in [3.8, 4) is 0 Å². The summed E-state index contributed by atoms with van der Waals surface area (Å²) < 4.78 is 0.859. The lowest BCUT2D eigenvalue weighted by molar-refractivity contribution is 0.252. The van der Waals surface area contributed by atoms with Gasteiger partial charge in [-0.25, -0.2) is 4.79 Å². The van der Waals surface area contributed by atoms with Gasteiger partial charge in [0.2, 0.25) is 0 Å². The molecule has 0 aliphatic carbocycles. The van der Waals surface area contributed by atoms with Crippen LogP contribution in [0.15, 0.2) is 28.7 Å². The summed E-state index contributed by atoms with van der Waals surface area (Å²) in [5.41, 5.74) is 0.751. The molecule has 82 valence electrons. The minimum absolute atomic E-state index is 0.216. The average molecular weight is 292 g/mol. The maximum absolute atomic E-state index is 11.4. The number of nitrogens with one attached hydrogen (secondary N) is 2. The van der Waals surface area contributed by atoms with Crippen molar-refractivity contribution >= 4 is 39.2 Å². The Kier molecular flexibility index (Phi) is 5.50. The fraction of sp³-hybridized carbons (Fsp3) is 0.300. The maximum Gasteiger partial charge on any atom is 0.319 e. The monoisotopic (exact) mass is 290 g/mol. The molecule has 0 radical (unpaired) electrons. The number of hydrogen-bond donors (Lipinski definition) is 2. The molecule has 0 aliphatic rings. The van der Waals surface area contributed by atoms with Crippen molar-refractivity contribution in [3.05, 3.63) is 28.7 Å². The van der Waals surface area contributed by atoms with Crippen molar-refractivity contribution < 1.29 is 4.79 Å². The first-order valence-electron chi connectivity index (χ1n) is 4.59. The molecule has 1 rings (SSSR count). The van der Waals surface area contributed by atoms with Gasteiger partial charge < -0.3 is 10.6 Å². The van der Waals surface area contributed by atoms with E-state index in [1.54, 1.807) is 0 Å². The van der Waals surface area contributed by atoms with Gasteiger partial charge in [0.1, 0.15) is 0 Å². The van der Waals surface area contributed by atoms with Crippen molar-refractivity contribution in [2.24, 2.45) is 0 Å². The molecule has 0 bridgehead atoms. The molecular weight excluding hydrogens is 279 g/mol.